The first-order valence-electron chi connectivity index (χ1n) is 10.9. The molecule has 3 aromatic rings. The van der Waals surface area contributed by atoms with Gasteiger partial charge in [0.05, 0.1) is 30.8 Å². The van der Waals surface area contributed by atoms with Gasteiger partial charge in [-0.3, -0.25) is 4.79 Å². The Balaban J connectivity index is 1.55. The lowest BCUT2D eigenvalue weighted by atomic mass is 9.98. The standard InChI is InChI=1S/C23H25ClN4O6S/c1-14-25-22(27-34-14)15-6-8-18(24)21(11-15)35(30,31)28-10-4-5-16(13-28)23(29)26-19-12-17(32-2)7-9-20(19)33-3/h6-9,11-12,16H,4-5,10,13H2,1-3H3,(H,26,29)/t16-/m0/s1. The minimum atomic E-state index is -3.99. The van der Waals surface area contributed by atoms with Crippen LogP contribution in [0.5, 0.6) is 11.5 Å². The Labute approximate surface area is 208 Å². The second-order valence-corrected chi connectivity index (χ2v) is 10.4. The summed E-state index contributed by atoms with van der Waals surface area (Å²) in [6, 6.07) is 9.59. The average Bonchev–Trinajstić information content (AvgIpc) is 3.30. The maximum Gasteiger partial charge on any atom is 0.244 e. The maximum atomic E-state index is 13.5. The van der Waals surface area contributed by atoms with Crippen LogP contribution >= 0.6 is 11.6 Å². The first-order valence-corrected chi connectivity index (χ1v) is 12.7. The number of hydrogen-bond acceptors (Lipinski definition) is 8. The molecule has 1 amide bonds. The highest BCUT2D eigenvalue weighted by Crippen LogP contribution is 2.33. The van der Waals surface area contributed by atoms with Crippen LogP contribution in [0.3, 0.4) is 0 Å². The van der Waals surface area contributed by atoms with Crippen LogP contribution in [0.25, 0.3) is 11.4 Å². The van der Waals surface area contributed by atoms with E-state index in [9.17, 15) is 13.2 Å². The number of aromatic nitrogens is 2. The predicted octanol–water partition coefficient (Wildman–Crippen LogP) is 3.76. The lowest BCUT2D eigenvalue weighted by Gasteiger charge is -2.31. The van der Waals surface area contributed by atoms with E-state index in [-0.39, 0.29) is 34.7 Å². The summed E-state index contributed by atoms with van der Waals surface area (Å²) in [7, 11) is -0.963. The molecule has 0 bridgehead atoms. The summed E-state index contributed by atoms with van der Waals surface area (Å²) in [4.78, 5) is 17.1. The van der Waals surface area contributed by atoms with E-state index in [1.165, 1.54) is 30.7 Å². The van der Waals surface area contributed by atoms with Crippen LogP contribution in [0.1, 0.15) is 18.7 Å². The molecule has 0 saturated carbocycles. The van der Waals surface area contributed by atoms with E-state index < -0.39 is 15.9 Å². The summed E-state index contributed by atoms with van der Waals surface area (Å²) >= 11 is 6.29. The van der Waals surface area contributed by atoms with Crippen LogP contribution in [-0.4, -0.2) is 56.1 Å². The van der Waals surface area contributed by atoms with Gasteiger partial charge in [-0.05, 0) is 43.2 Å². The third-order valence-electron chi connectivity index (χ3n) is 5.75. The molecule has 1 saturated heterocycles. The molecule has 0 unspecified atom stereocenters. The highest BCUT2D eigenvalue weighted by molar-refractivity contribution is 7.89. The van der Waals surface area contributed by atoms with Crippen molar-refractivity contribution in [3.8, 4) is 22.9 Å². The van der Waals surface area contributed by atoms with Gasteiger partial charge in [-0.2, -0.15) is 9.29 Å². The Kier molecular flexibility index (Phi) is 7.29. The number of rotatable bonds is 7. The van der Waals surface area contributed by atoms with Gasteiger partial charge in [0.25, 0.3) is 0 Å². The van der Waals surface area contributed by atoms with Crippen molar-refractivity contribution in [2.24, 2.45) is 5.92 Å². The molecule has 4 rings (SSSR count). The van der Waals surface area contributed by atoms with E-state index in [1.54, 1.807) is 31.2 Å². The van der Waals surface area contributed by atoms with E-state index in [2.05, 4.69) is 15.5 Å². The van der Waals surface area contributed by atoms with Crippen LogP contribution in [0, 0.1) is 12.8 Å². The molecule has 186 valence electrons. The smallest absolute Gasteiger partial charge is 0.244 e. The van der Waals surface area contributed by atoms with Gasteiger partial charge < -0.3 is 19.3 Å². The molecule has 0 radical (unpaired) electrons. The number of methoxy groups -OCH3 is 2. The number of sulfonamides is 1. The topological polar surface area (TPSA) is 124 Å². The fraction of sp³-hybridized carbons (Fsp3) is 0.348. The summed E-state index contributed by atoms with van der Waals surface area (Å²) in [5.74, 6) is 0.783. The fourth-order valence-corrected chi connectivity index (χ4v) is 5.94. The molecule has 2 aromatic carbocycles. The minimum absolute atomic E-state index is 0.0162. The second-order valence-electron chi connectivity index (χ2n) is 8.04. The first-order chi connectivity index (χ1) is 16.7. The second kappa shape index (κ2) is 10.2. The number of amides is 1. The summed E-state index contributed by atoms with van der Waals surface area (Å²) in [5, 5.41) is 6.76. The quantitative estimate of drug-likeness (QED) is 0.499. The summed E-state index contributed by atoms with van der Waals surface area (Å²) < 4.78 is 43.9. The number of benzene rings is 2. The van der Waals surface area contributed by atoms with Gasteiger partial charge in [0.1, 0.15) is 16.4 Å². The normalized spacial score (nSPS) is 16.6. The minimum Gasteiger partial charge on any atom is -0.497 e. The summed E-state index contributed by atoms with van der Waals surface area (Å²) in [5.41, 5.74) is 0.907. The van der Waals surface area contributed by atoms with Crippen LogP contribution in [0.15, 0.2) is 45.8 Å². The van der Waals surface area contributed by atoms with Crippen molar-refractivity contribution in [2.45, 2.75) is 24.7 Å². The Morgan fingerprint density at radius 2 is 2.00 bits per heavy atom. The number of nitrogens with zero attached hydrogens (tertiary/aromatic N) is 3. The molecule has 0 spiro atoms. The number of nitrogens with one attached hydrogen (secondary N) is 1. The number of halogens is 1. The lowest BCUT2D eigenvalue weighted by Crippen LogP contribution is -2.43. The van der Waals surface area contributed by atoms with Crippen LogP contribution in [0.2, 0.25) is 5.02 Å². The van der Waals surface area contributed by atoms with Crippen molar-refractivity contribution in [1.82, 2.24) is 14.4 Å². The van der Waals surface area contributed by atoms with Crippen molar-refractivity contribution in [1.29, 1.82) is 0 Å². The fourth-order valence-electron chi connectivity index (χ4n) is 3.92. The average molecular weight is 521 g/mol. The highest BCUT2D eigenvalue weighted by Gasteiger charge is 2.35. The van der Waals surface area contributed by atoms with Gasteiger partial charge in [-0.15, -0.1) is 0 Å². The molecule has 1 aliphatic heterocycles. The molecule has 2 heterocycles. The first kappa shape index (κ1) is 25.0. The van der Waals surface area contributed by atoms with E-state index in [1.807, 2.05) is 0 Å². The van der Waals surface area contributed by atoms with Gasteiger partial charge in [0.15, 0.2) is 0 Å². The third-order valence-corrected chi connectivity index (χ3v) is 8.10. The van der Waals surface area contributed by atoms with Crippen LogP contribution in [0.4, 0.5) is 5.69 Å². The van der Waals surface area contributed by atoms with Crippen LogP contribution in [-0.2, 0) is 14.8 Å². The Morgan fingerprint density at radius 1 is 1.20 bits per heavy atom. The molecular formula is C23H25ClN4O6S. The lowest BCUT2D eigenvalue weighted by molar-refractivity contribution is -0.120. The number of carbonyl (C=O) groups excluding carboxylic acids is 1. The molecule has 10 nitrogen and oxygen atoms in total. The molecule has 12 heteroatoms. The van der Waals surface area contributed by atoms with E-state index >= 15 is 0 Å². The number of piperidine rings is 1. The molecule has 0 aliphatic carbocycles. The monoisotopic (exact) mass is 520 g/mol. The molecule has 1 atom stereocenters. The largest absolute Gasteiger partial charge is 0.497 e. The molecular weight excluding hydrogens is 496 g/mol. The Bertz CT molecular complexity index is 1340. The number of hydrogen-bond donors (Lipinski definition) is 1. The van der Waals surface area contributed by atoms with E-state index in [0.29, 0.717) is 41.5 Å². The van der Waals surface area contributed by atoms with E-state index in [0.717, 1.165) is 0 Å². The van der Waals surface area contributed by atoms with Crippen molar-refractivity contribution < 1.29 is 27.2 Å². The molecule has 1 aromatic heterocycles. The number of carbonyl (C=O) groups is 1. The number of ether oxygens (including phenoxy) is 2. The van der Waals surface area contributed by atoms with Gasteiger partial charge in [-0.25, -0.2) is 8.42 Å². The molecule has 35 heavy (non-hydrogen) atoms. The molecule has 1 aliphatic rings. The zero-order chi connectivity index (χ0) is 25.2. The zero-order valence-electron chi connectivity index (χ0n) is 19.4. The molecule has 1 N–H and O–H groups in total. The van der Waals surface area contributed by atoms with E-state index in [4.69, 9.17) is 25.6 Å². The van der Waals surface area contributed by atoms with Crippen molar-refractivity contribution >= 4 is 33.2 Å². The van der Waals surface area contributed by atoms with Crippen molar-refractivity contribution in [3.63, 3.8) is 0 Å². The van der Waals surface area contributed by atoms with Gasteiger partial charge >= 0.3 is 0 Å². The maximum absolute atomic E-state index is 13.5. The third kappa shape index (κ3) is 5.26. The molecule has 1 fully saturated rings. The van der Waals surface area contributed by atoms with Gasteiger partial charge in [-0.1, -0.05) is 16.8 Å². The Morgan fingerprint density at radius 3 is 2.69 bits per heavy atom. The van der Waals surface area contributed by atoms with Crippen molar-refractivity contribution in [2.75, 3.05) is 32.6 Å². The number of aryl methyl sites for hydroxylation is 1. The van der Waals surface area contributed by atoms with Crippen LogP contribution < -0.4 is 14.8 Å². The number of anilines is 1. The predicted molar refractivity (Wildman–Crippen MR) is 129 cm³/mol. The Hall–Kier alpha value is -3.15. The van der Waals surface area contributed by atoms with Crippen molar-refractivity contribution in [3.05, 3.63) is 47.3 Å². The van der Waals surface area contributed by atoms with Gasteiger partial charge in [0, 0.05) is 31.6 Å². The highest BCUT2D eigenvalue weighted by atomic mass is 35.5. The summed E-state index contributed by atoms with van der Waals surface area (Å²) in [6.45, 7) is 1.93. The SMILES string of the molecule is COc1ccc(OC)c(NC(=O)[C@H]2CCCN(S(=O)(=O)c3cc(-c4noc(C)n4)ccc3Cl)C2)c1. The summed E-state index contributed by atoms with van der Waals surface area (Å²) in [6.07, 6.45) is 1.06. The van der Waals surface area contributed by atoms with Gasteiger partial charge in [0.2, 0.25) is 27.6 Å². The zero-order valence-corrected chi connectivity index (χ0v) is 21.0.